The van der Waals surface area contributed by atoms with Crippen molar-refractivity contribution in [3.8, 4) is 0 Å². The van der Waals surface area contributed by atoms with Crippen molar-refractivity contribution >= 4 is 0 Å². The van der Waals surface area contributed by atoms with Gasteiger partial charge in [-0.15, -0.1) is 0 Å². The van der Waals surface area contributed by atoms with Gasteiger partial charge in [0.05, 0.1) is 6.67 Å². The van der Waals surface area contributed by atoms with Gasteiger partial charge < -0.3 is 10.7 Å². The lowest BCUT2D eigenvalue weighted by atomic mass is 10.3. The van der Waals surface area contributed by atoms with E-state index in [4.69, 9.17) is 11.6 Å². The molecule has 0 amide bonds. The first-order chi connectivity index (χ1) is 4.66. The molecule has 10 heavy (non-hydrogen) atoms. The molecule has 0 heterocycles. The van der Waals surface area contributed by atoms with Crippen LogP contribution in [-0.4, -0.2) is 18.7 Å². The van der Waals surface area contributed by atoms with Crippen LogP contribution in [0.3, 0.4) is 0 Å². The lowest BCUT2D eigenvalue weighted by Crippen LogP contribution is -2.20. The van der Waals surface area contributed by atoms with Gasteiger partial charge >= 0.3 is 0 Å². The lowest BCUT2D eigenvalue weighted by molar-refractivity contribution is 0.458. The fourth-order valence-corrected chi connectivity index (χ4v) is 0.597. The van der Waals surface area contributed by atoms with E-state index in [-0.39, 0.29) is 6.67 Å². The molecule has 0 unspecified atom stereocenters. The molecule has 4 heteroatoms. The van der Waals surface area contributed by atoms with Crippen molar-refractivity contribution < 1.29 is 4.39 Å². The molecule has 0 saturated heterocycles. The molecule has 0 aromatic rings. The molecule has 0 aliphatic heterocycles. The Balaban J connectivity index is 3.49. The van der Waals surface area contributed by atoms with Crippen LogP contribution in [0.5, 0.6) is 0 Å². The summed E-state index contributed by atoms with van der Waals surface area (Å²) in [6, 6.07) is 0. The molecule has 60 valence electrons. The largest absolute Gasteiger partial charge is 0.401 e. The van der Waals surface area contributed by atoms with E-state index in [1.807, 2.05) is 0 Å². The molecule has 0 aromatic heterocycles. The standard InChI is InChI=1S/C6H14FN3/c1-10(9)5-6(8)3-2-4-7/h5H,2-4,8-9H2,1H3/b6-5-. The van der Waals surface area contributed by atoms with Crippen molar-refractivity contribution in [1.82, 2.24) is 5.01 Å². The van der Waals surface area contributed by atoms with Crippen molar-refractivity contribution in [3.05, 3.63) is 11.9 Å². The second kappa shape index (κ2) is 5.05. The zero-order valence-electron chi connectivity index (χ0n) is 6.18. The fourth-order valence-electron chi connectivity index (χ4n) is 0.597. The summed E-state index contributed by atoms with van der Waals surface area (Å²) < 4.78 is 11.6. The summed E-state index contributed by atoms with van der Waals surface area (Å²) in [5.74, 6) is 5.25. The van der Waals surface area contributed by atoms with Crippen LogP contribution in [-0.2, 0) is 0 Å². The Morgan fingerprint density at radius 3 is 2.70 bits per heavy atom. The maximum absolute atomic E-state index is 11.6. The summed E-state index contributed by atoms with van der Waals surface area (Å²) in [5, 5.41) is 1.35. The lowest BCUT2D eigenvalue weighted by Gasteiger charge is -2.06. The van der Waals surface area contributed by atoms with E-state index in [2.05, 4.69) is 0 Å². The van der Waals surface area contributed by atoms with Crippen LogP contribution in [0.2, 0.25) is 0 Å². The Hall–Kier alpha value is -0.770. The van der Waals surface area contributed by atoms with E-state index >= 15 is 0 Å². The van der Waals surface area contributed by atoms with Gasteiger partial charge in [-0.1, -0.05) is 0 Å². The third-order valence-electron chi connectivity index (χ3n) is 0.969. The average Bonchev–Trinajstić information content (AvgIpc) is 1.82. The van der Waals surface area contributed by atoms with Crippen molar-refractivity contribution in [1.29, 1.82) is 0 Å². The molecule has 0 atom stereocenters. The molecular formula is C6H14FN3. The monoisotopic (exact) mass is 147 g/mol. The SMILES string of the molecule is CN(N)/C=C(\N)CCCF. The van der Waals surface area contributed by atoms with E-state index in [0.717, 1.165) is 0 Å². The molecule has 0 rings (SSSR count). The minimum absolute atomic E-state index is 0.331. The van der Waals surface area contributed by atoms with Crippen LogP contribution in [0.15, 0.2) is 11.9 Å². The molecule has 0 bridgehead atoms. The minimum atomic E-state index is -0.331. The van der Waals surface area contributed by atoms with Gasteiger partial charge in [0.1, 0.15) is 0 Å². The highest BCUT2D eigenvalue weighted by molar-refractivity contribution is 4.93. The van der Waals surface area contributed by atoms with Crippen molar-refractivity contribution in [3.63, 3.8) is 0 Å². The van der Waals surface area contributed by atoms with Gasteiger partial charge in [0.2, 0.25) is 0 Å². The maximum atomic E-state index is 11.6. The molecule has 3 nitrogen and oxygen atoms in total. The smallest absolute Gasteiger partial charge is 0.0898 e. The van der Waals surface area contributed by atoms with Crippen LogP contribution in [0.4, 0.5) is 4.39 Å². The van der Waals surface area contributed by atoms with E-state index in [1.54, 1.807) is 13.2 Å². The number of hydrazine groups is 1. The first-order valence-electron chi connectivity index (χ1n) is 3.16. The zero-order chi connectivity index (χ0) is 7.98. The van der Waals surface area contributed by atoms with E-state index in [1.165, 1.54) is 5.01 Å². The molecular weight excluding hydrogens is 133 g/mol. The molecule has 0 radical (unpaired) electrons. The average molecular weight is 147 g/mol. The molecule has 0 aliphatic rings. The number of nitrogens with zero attached hydrogens (tertiary/aromatic N) is 1. The first-order valence-corrected chi connectivity index (χ1v) is 3.16. The van der Waals surface area contributed by atoms with Gasteiger partial charge in [-0.25, -0.2) is 5.84 Å². The van der Waals surface area contributed by atoms with Gasteiger partial charge in [-0.2, -0.15) is 0 Å². The van der Waals surface area contributed by atoms with Crippen molar-refractivity contribution in [2.75, 3.05) is 13.7 Å². The second-order valence-corrected chi connectivity index (χ2v) is 2.16. The van der Waals surface area contributed by atoms with Crippen LogP contribution in [0, 0.1) is 0 Å². The van der Waals surface area contributed by atoms with Gasteiger partial charge in [0, 0.05) is 18.9 Å². The summed E-state index contributed by atoms with van der Waals surface area (Å²) >= 11 is 0. The van der Waals surface area contributed by atoms with E-state index < -0.39 is 0 Å². The topological polar surface area (TPSA) is 55.3 Å². The van der Waals surface area contributed by atoms with Gasteiger partial charge in [0.15, 0.2) is 0 Å². The molecule has 0 saturated carbocycles. The summed E-state index contributed by atoms with van der Waals surface area (Å²) in [6.45, 7) is -0.331. The Morgan fingerprint density at radius 1 is 1.70 bits per heavy atom. The van der Waals surface area contributed by atoms with Gasteiger partial charge in [-0.05, 0) is 12.8 Å². The second-order valence-electron chi connectivity index (χ2n) is 2.16. The first kappa shape index (κ1) is 9.23. The van der Waals surface area contributed by atoms with Crippen molar-refractivity contribution in [2.24, 2.45) is 11.6 Å². The van der Waals surface area contributed by atoms with E-state index in [0.29, 0.717) is 18.5 Å². The normalized spacial score (nSPS) is 11.7. The predicted octanol–water partition coefficient (Wildman–Crippen LogP) is 0.342. The van der Waals surface area contributed by atoms with Gasteiger partial charge in [-0.3, -0.25) is 4.39 Å². The zero-order valence-corrected chi connectivity index (χ0v) is 6.18. The van der Waals surface area contributed by atoms with Crippen molar-refractivity contribution in [2.45, 2.75) is 12.8 Å². The summed E-state index contributed by atoms with van der Waals surface area (Å²) in [5.41, 5.74) is 6.05. The summed E-state index contributed by atoms with van der Waals surface area (Å²) in [7, 11) is 1.67. The quantitative estimate of drug-likeness (QED) is 0.445. The molecule has 0 aliphatic carbocycles. The number of rotatable bonds is 4. The highest BCUT2D eigenvalue weighted by Gasteiger charge is 1.90. The number of halogens is 1. The summed E-state index contributed by atoms with van der Waals surface area (Å²) in [4.78, 5) is 0. The number of alkyl halides is 1. The highest BCUT2D eigenvalue weighted by Crippen LogP contribution is 1.97. The van der Waals surface area contributed by atoms with Crippen LogP contribution in [0.1, 0.15) is 12.8 Å². The fraction of sp³-hybridized carbons (Fsp3) is 0.667. The van der Waals surface area contributed by atoms with E-state index in [9.17, 15) is 4.39 Å². The third-order valence-corrected chi connectivity index (χ3v) is 0.969. The van der Waals surface area contributed by atoms with Crippen LogP contribution >= 0.6 is 0 Å². The Bertz CT molecular complexity index is 112. The number of allylic oxidation sites excluding steroid dienone is 1. The number of hydrogen-bond donors (Lipinski definition) is 2. The molecule has 4 N–H and O–H groups in total. The predicted molar refractivity (Wildman–Crippen MR) is 39.4 cm³/mol. The van der Waals surface area contributed by atoms with Crippen LogP contribution < -0.4 is 11.6 Å². The van der Waals surface area contributed by atoms with Crippen LogP contribution in [0.25, 0.3) is 0 Å². The number of nitrogens with two attached hydrogens (primary N) is 2. The maximum Gasteiger partial charge on any atom is 0.0898 e. The third kappa shape index (κ3) is 5.37. The molecule has 0 aromatic carbocycles. The highest BCUT2D eigenvalue weighted by atomic mass is 19.1. The Labute approximate surface area is 60.4 Å². The molecule has 0 spiro atoms. The van der Waals surface area contributed by atoms with Gasteiger partial charge in [0.25, 0.3) is 0 Å². The summed E-state index contributed by atoms with van der Waals surface area (Å²) in [6.07, 6.45) is 2.61. The Kier molecular flexibility index (Phi) is 4.66. The minimum Gasteiger partial charge on any atom is -0.401 e. The number of hydrogen-bond acceptors (Lipinski definition) is 3. The Morgan fingerprint density at radius 2 is 2.30 bits per heavy atom. The molecule has 0 fully saturated rings.